The summed E-state index contributed by atoms with van der Waals surface area (Å²) in [7, 11) is 0. The summed E-state index contributed by atoms with van der Waals surface area (Å²) in [6, 6.07) is 3.57. The van der Waals surface area contributed by atoms with Gasteiger partial charge in [-0.25, -0.2) is 0 Å². The van der Waals surface area contributed by atoms with Crippen LogP contribution in [0.15, 0.2) is 12.1 Å². The molecule has 73 valence electrons. The predicted octanol–water partition coefficient (Wildman–Crippen LogP) is 0.426. The summed E-state index contributed by atoms with van der Waals surface area (Å²) in [5.74, 6) is 0.530. The first-order chi connectivity index (χ1) is 6.29. The molecule has 0 saturated heterocycles. The molecule has 1 aliphatic heterocycles. The van der Waals surface area contributed by atoms with Crippen LogP contribution >= 0.6 is 0 Å². The van der Waals surface area contributed by atoms with Gasteiger partial charge in [-0.2, -0.15) is 12.1 Å². The van der Waals surface area contributed by atoms with Crippen molar-refractivity contribution in [3.8, 4) is 0 Å². The molecule has 2 heterocycles. The molecular weight excluding hydrogens is 277 g/mol. The fourth-order valence-corrected chi connectivity index (χ4v) is 2.04. The van der Waals surface area contributed by atoms with Crippen molar-refractivity contribution < 1.29 is 41.5 Å². The van der Waals surface area contributed by atoms with Gasteiger partial charge in [-0.1, -0.05) is 6.20 Å². The van der Waals surface area contributed by atoms with Crippen LogP contribution in [-0.2, 0) is 50.4 Å². The van der Waals surface area contributed by atoms with E-state index in [1.54, 1.807) is 6.07 Å². The van der Waals surface area contributed by atoms with Crippen LogP contribution in [0.4, 0.5) is 5.82 Å². The van der Waals surface area contributed by atoms with E-state index in [2.05, 4.69) is 11.2 Å². The zero-order valence-corrected chi connectivity index (χ0v) is 11.1. The zero-order chi connectivity index (χ0) is 9.26. The Bertz CT molecular complexity index is 348. The van der Waals surface area contributed by atoms with Crippen molar-refractivity contribution >= 4 is 17.1 Å². The van der Waals surface area contributed by atoms with Crippen LogP contribution in [-0.4, -0.2) is 20.3 Å². The number of aromatic nitrogens is 1. The summed E-state index contributed by atoms with van der Waals surface area (Å²) in [5.41, 5.74) is 0.981. The van der Waals surface area contributed by atoms with Gasteiger partial charge in [0.15, 0.2) is 0 Å². The number of nitrogens with zero attached hydrogens (tertiary/aromatic N) is 2. The van der Waals surface area contributed by atoms with Gasteiger partial charge in [-0.15, -0.1) is 5.56 Å². The molecule has 1 atom stereocenters. The van der Waals surface area contributed by atoms with Crippen LogP contribution in [0, 0.1) is 6.20 Å². The molecule has 0 bridgehead atoms. The predicted molar refractivity (Wildman–Crippen MR) is 47.7 cm³/mol. The molecule has 14 heavy (non-hydrogen) atoms. The van der Waals surface area contributed by atoms with Crippen LogP contribution < -0.4 is 4.31 Å². The Morgan fingerprint density at radius 2 is 2.43 bits per heavy atom. The summed E-state index contributed by atoms with van der Waals surface area (Å²) in [5, 5.41) is 0. The summed E-state index contributed by atoms with van der Waals surface area (Å²) < 4.78 is 22.9. The standard InChI is InChI=1S/C8H9N2O2S.Y/c11-13(12)10-6-2-4-7-3-1-5-9-8(7)10;/h1,3H,2,4,6H2,(H,11,12);/q-1;/p-1. The van der Waals surface area contributed by atoms with Crippen LogP contribution in [0.1, 0.15) is 12.0 Å². The van der Waals surface area contributed by atoms with Crippen molar-refractivity contribution in [2.24, 2.45) is 0 Å². The number of anilines is 1. The summed E-state index contributed by atoms with van der Waals surface area (Å²) in [6.45, 7) is 0.522. The Morgan fingerprint density at radius 3 is 3.14 bits per heavy atom. The molecule has 0 spiro atoms. The van der Waals surface area contributed by atoms with Gasteiger partial charge in [0.1, 0.15) is 0 Å². The van der Waals surface area contributed by atoms with Gasteiger partial charge in [-0.3, -0.25) is 4.21 Å². The molecule has 0 saturated carbocycles. The van der Waals surface area contributed by atoms with Gasteiger partial charge in [0, 0.05) is 56.3 Å². The maximum atomic E-state index is 10.8. The largest absolute Gasteiger partial charge is 0.756 e. The minimum Gasteiger partial charge on any atom is -0.756 e. The Kier molecular flexibility index (Phi) is 4.63. The Hall–Kier alpha value is 0.164. The first-order valence-corrected chi connectivity index (χ1v) is 5.05. The normalized spacial score (nSPS) is 16.8. The van der Waals surface area contributed by atoms with Gasteiger partial charge >= 0.3 is 0 Å². The summed E-state index contributed by atoms with van der Waals surface area (Å²) >= 11 is -2.21. The molecule has 4 nitrogen and oxygen atoms in total. The fraction of sp³-hybridized carbons (Fsp3) is 0.375. The minimum atomic E-state index is -2.21. The molecule has 2 rings (SSSR count). The van der Waals surface area contributed by atoms with E-state index in [0.29, 0.717) is 12.4 Å². The molecule has 0 aliphatic carbocycles. The second kappa shape index (κ2) is 5.30. The fourth-order valence-electron chi connectivity index (χ4n) is 1.46. The van der Waals surface area contributed by atoms with Crippen molar-refractivity contribution in [3.63, 3.8) is 0 Å². The summed E-state index contributed by atoms with van der Waals surface area (Å²) in [4.78, 5) is 3.93. The maximum Gasteiger partial charge on any atom is 0.0372 e. The molecule has 0 aromatic carbocycles. The number of hydrogen-bond donors (Lipinski definition) is 0. The molecule has 1 aromatic rings. The van der Waals surface area contributed by atoms with E-state index in [4.69, 9.17) is 0 Å². The van der Waals surface area contributed by atoms with Crippen LogP contribution in [0.3, 0.4) is 0 Å². The van der Waals surface area contributed by atoms with Crippen LogP contribution in [0.25, 0.3) is 0 Å². The molecule has 1 aliphatic rings. The average Bonchev–Trinajstić information content (AvgIpc) is 2.17. The number of rotatable bonds is 1. The Labute approximate surface area is 110 Å². The summed E-state index contributed by atoms with van der Waals surface area (Å²) in [6.07, 6.45) is 4.39. The van der Waals surface area contributed by atoms with E-state index in [-0.39, 0.29) is 32.7 Å². The molecule has 1 radical (unpaired) electrons. The molecule has 0 N–H and O–H groups in total. The van der Waals surface area contributed by atoms with E-state index in [1.807, 2.05) is 6.07 Å². The first kappa shape index (κ1) is 12.2. The number of fused-ring (bicyclic) bond motifs is 1. The molecule has 6 heteroatoms. The third kappa shape index (κ3) is 2.39. The van der Waals surface area contributed by atoms with E-state index in [0.717, 1.165) is 18.4 Å². The maximum absolute atomic E-state index is 10.8. The van der Waals surface area contributed by atoms with Gasteiger partial charge in [0.25, 0.3) is 0 Å². The second-order valence-corrected chi connectivity index (χ2v) is 3.72. The van der Waals surface area contributed by atoms with Crippen molar-refractivity contribution in [1.82, 2.24) is 4.98 Å². The van der Waals surface area contributed by atoms with Gasteiger partial charge in [-0.05, 0) is 12.8 Å². The molecule has 0 fully saturated rings. The SMILES string of the molecule is O=S([O-])N1CCCc2cc[c-]nc21.[Y]. The monoisotopic (exact) mass is 285 g/mol. The van der Waals surface area contributed by atoms with E-state index in [9.17, 15) is 8.76 Å². The minimum absolute atomic E-state index is 0. The number of aryl methyl sites for hydroxylation is 1. The van der Waals surface area contributed by atoms with E-state index >= 15 is 0 Å². The van der Waals surface area contributed by atoms with Crippen molar-refractivity contribution in [2.75, 3.05) is 10.8 Å². The molecule has 1 unspecified atom stereocenters. The van der Waals surface area contributed by atoms with Crippen molar-refractivity contribution in [1.29, 1.82) is 0 Å². The molecule has 1 aromatic heterocycles. The van der Waals surface area contributed by atoms with E-state index in [1.165, 1.54) is 4.31 Å². The van der Waals surface area contributed by atoms with Gasteiger partial charge in [0.2, 0.25) is 0 Å². The third-order valence-electron chi connectivity index (χ3n) is 2.04. The van der Waals surface area contributed by atoms with Crippen LogP contribution in [0.2, 0.25) is 0 Å². The zero-order valence-electron chi connectivity index (χ0n) is 7.47. The van der Waals surface area contributed by atoms with Crippen molar-refractivity contribution in [2.45, 2.75) is 12.8 Å². The molecule has 0 amide bonds. The molecular formula is C8H8N2O2SY-2. The van der Waals surface area contributed by atoms with Gasteiger partial charge < -0.3 is 13.8 Å². The second-order valence-electron chi connectivity index (χ2n) is 2.85. The van der Waals surface area contributed by atoms with Crippen LogP contribution in [0.5, 0.6) is 0 Å². The number of pyridine rings is 1. The Balaban J connectivity index is 0.000000980. The Morgan fingerprint density at radius 1 is 1.64 bits per heavy atom. The smallest absolute Gasteiger partial charge is 0.0372 e. The van der Waals surface area contributed by atoms with E-state index < -0.39 is 11.3 Å². The first-order valence-electron chi connectivity index (χ1n) is 4.02. The average molecular weight is 285 g/mol. The van der Waals surface area contributed by atoms with Gasteiger partial charge in [0.05, 0.1) is 0 Å². The number of hydrogen-bond acceptors (Lipinski definition) is 3. The third-order valence-corrected chi connectivity index (χ3v) is 2.76. The van der Waals surface area contributed by atoms with Crippen molar-refractivity contribution in [3.05, 3.63) is 23.9 Å². The topological polar surface area (TPSA) is 56.3 Å². The quantitative estimate of drug-likeness (QED) is 0.555.